The van der Waals surface area contributed by atoms with Crippen molar-refractivity contribution in [2.24, 2.45) is 7.05 Å². The third-order valence-electron chi connectivity index (χ3n) is 4.20. The lowest BCUT2D eigenvalue weighted by molar-refractivity contribution is 0.439. The number of ether oxygens (including phenoxy) is 1. The summed E-state index contributed by atoms with van der Waals surface area (Å²) in [6.45, 7) is 1.71. The highest BCUT2D eigenvalue weighted by Gasteiger charge is 2.15. The van der Waals surface area contributed by atoms with E-state index in [1.807, 2.05) is 0 Å². The minimum atomic E-state index is -1.04. The van der Waals surface area contributed by atoms with E-state index in [1.165, 1.54) is 10.6 Å². The number of hydrogen-bond acceptors (Lipinski definition) is 3. The first-order chi connectivity index (χ1) is 13.2. The molecule has 146 valence electrons. The fraction of sp³-hybridized carbons (Fsp3) is 0.190. The quantitative estimate of drug-likeness (QED) is 0.597. The minimum absolute atomic E-state index is 0.115. The first-order valence-electron chi connectivity index (χ1n) is 8.48. The molecule has 1 unspecified atom stereocenters. The molecule has 0 aliphatic rings. The van der Waals surface area contributed by atoms with Gasteiger partial charge >= 0.3 is 0 Å². The third kappa shape index (κ3) is 4.43. The zero-order valence-electron chi connectivity index (χ0n) is 15.7. The van der Waals surface area contributed by atoms with E-state index in [0.717, 1.165) is 17.7 Å². The molecule has 0 spiro atoms. The van der Waals surface area contributed by atoms with E-state index in [2.05, 4.69) is 0 Å². The summed E-state index contributed by atoms with van der Waals surface area (Å²) in [5, 5.41) is 0. The highest BCUT2D eigenvalue weighted by molar-refractivity contribution is 7.89. The molecule has 0 bridgehead atoms. The van der Waals surface area contributed by atoms with Gasteiger partial charge in [-0.3, -0.25) is 4.79 Å². The molecule has 1 atom stereocenters. The van der Waals surface area contributed by atoms with Gasteiger partial charge in [0, 0.05) is 41.6 Å². The van der Waals surface area contributed by atoms with Crippen LogP contribution < -0.4 is 10.3 Å². The Labute approximate surface area is 164 Å². The molecule has 0 aliphatic carbocycles. The standard InChI is InChI=1S/C21H19F2NO3S/c1-13-8-15(11-24(2)21(13)25)17-9-14(12-28(3)26)4-6-19(17)27-20-7-5-16(22)10-18(20)23/h4-11H,12H2,1-3H3. The van der Waals surface area contributed by atoms with Crippen LogP contribution in [0.5, 0.6) is 11.5 Å². The van der Waals surface area contributed by atoms with Crippen molar-refractivity contribution in [2.45, 2.75) is 12.7 Å². The Morgan fingerprint density at radius 1 is 1.11 bits per heavy atom. The van der Waals surface area contributed by atoms with Crippen LogP contribution in [0.3, 0.4) is 0 Å². The summed E-state index contributed by atoms with van der Waals surface area (Å²) in [5.41, 5.74) is 2.55. The van der Waals surface area contributed by atoms with Gasteiger partial charge in [-0.1, -0.05) is 17.2 Å². The molecule has 0 aliphatic heterocycles. The van der Waals surface area contributed by atoms with Crippen LogP contribution in [-0.4, -0.2) is 15.4 Å². The van der Waals surface area contributed by atoms with E-state index < -0.39 is 22.8 Å². The number of hydrogen-bond donors (Lipinski definition) is 0. The number of aryl methyl sites for hydroxylation is 2. The molecular formula is C21H19F2NO3S. The van der Waals surface area contributed by atoms with E-state index in [4.69, 9.17) is 4.74 Å². The lowest BCUT2D eigenvalue weighted by Crippen LogP contribution is -2.18. The maximum atomic E-state index is 14.1. The molecule has 4 nitrogen and oxygen atoms in total. The van der Waals surface area contributed by atoms with E-state index in [9.17, 15) is 18.1 Å². The van der Waals surface area contributed by atoms with Crippen LogP contribution in [0.4, 0.5) is 8.78 Å². The van der Waals surface area contributed by atoms with Crippen molar-refractivity contribution in [3.8, 4) is 22.6 Å². The van der Waals surface area contributed by atoms with Crippen molar-refractivity contribution in [1.29, 1.82) is 0 Å². The number of halogens is 2. The Kier molecular flexibility index (Phi) is 5.86. The number of pyridine rings is 1. The van der Waals surface area contributed by atoms with Gasteiger partial charge in [-0.15, -0.1) is 0 Å². The molecule has 3 aromatic rings. The molecule has 0 N–H and O–H groups in total. The van der Waals surface area contributed by atoms with Crippen molar-refractivity contribution < 1.29 is 18.1 Å². The van der Waals surface area contributed by atoms with Crippen LogP contribution in [0.15, 0.2) is 53.5 Å². The monoisotopic (exact) mass is 403 g/mol. The maximum Gasteiger partial charge on any atom is 0.253 e. The van der Waals surface area contributed by atoms with Crippen molar-refractivity contribution in [2.75, 3.05) is 6.26 Å². The van der Waals surface area contributed by atoms with Crippen LogP contribution in [0.25, 0.3) is 11.1 Å². The van der Waals surface area contributed by atoms with Crippen LogP contribution in [0.2, 0.25) is 0 Å². The van der Waals surface area contributed by atoms with Crippen molar-refractivity contribution in [3.05, 3.63) is 81.8 Å². The average molecular weight is 403 g/mol. The summed E-state index contributed by atoms with van der Waals surface area (Å²) in [7, 11) is 1.64. The highest BCUT2D eigenvalue weighted by Crippen LogP contribution is 2.35. The Hall–Kier alpha value is -2.64. The third-order valence-corrected chi connectivity index (χ3v) is 4.94. The van der Waals surface area contributed by atoms with E-state index in [0.29, 0.717) is 28.2 Å². The van der Waals surface area contributed by atoms with Gasteiger partial charge < -0.3 is 13.9 Å². The molecule has 0 fully saturated rings. The van der Waals surface area contributed by atoms with Gasteiger partial charge in [0.15, 0.2) is 11.6 Å². The van der Waals surface area contributed by atoms with Gasteiger partial charge in [0.2, 0.25) is 0 Å². The molecule has 0 amide bonds. The largest absolute Gasteiger partial charge is 0.616 e. The molecule has 28 heavy (non-hydrogen) atoms. The van der Waals surface area contributed by atoms with Crippen molar-refractivity contribution in [1.82, 2.24) is 4.57 Å². The molecule has 3 rings (SSSR count). The van der Waals surface area contributed by atoms with Crippen LogP contribution in [0, 0.1) is 18.6 Å². The molecule has 1 aromatic heterocycles. The summed E-state index contributed by atoms with van der Waals surface area (Å²) >= 11 is -1.04. The Morgan fingerprint density at radius 2 is 1.82 bits per heavy atom. The molecule has 1 heterocycles. The number of rotatable bonds is 5. The van der Waals surface area contributed by atoms with Gasteiger partial charge in [-0.2, -0.15) is 0 Å². The van der Waals surface area contributed by atoms with Crippen LogP contribution in [-0.2, 0) is 24.0 Å². The normalized spacial score (nSPS) is 12.1. The number of aromatic nitrogens is 1. The van der Waals surface area contributed by atoms with E-state index in [-0.39, 0.29) is 11.3 Å². The fourth-order valence-electron chi connectivity index (χ4n) is 2.92. The molecular weight excluding hydrogens is 384 g/mol. The lowest BCUT2D eigenvalue weighted by atomic mass is 10.0. The van der Waals surface area contributed by atoms with Crippen LogP contribution in [0.1, 0.15) is 11.1 Å². The van der Waals surface area contributed by atoms with Crippen LogP contribution >= 0.6 is 0 Å². The van der Waals surface area contributed by atoms with E-state index >= 15 is 0 Å². The Balaban J connectivity index is 2.12. The SMILES string of the molecule is Cc1cc(-c2cc(C[S+](C)[O-])ccc2Oc2ccc(F)cc2F)cn(C)c1=O. The number of benzene rings is 2. The smallest absolute Gasteiger partial charge is 0.253 e. The topological polar surface area (TPSA) is 54.3 Å². The second kappa shape index (κ2) is 8.16. The van der Waals surface area contributed by atoms with Crippen molar-refractivity contribution in [3.63, 3.8) is 0 Å². The van der Waals surface area contributed by atoms with Gasteiger partial charge in [0.25, 0.3) is 5.56 Å². The van der Waals surface area contributed by atoms with Crippen molar-refractivity contribution >= 4 is 11.2 Å². The Morgan fingerprint density at radius 3 is 2.46 bits per heavy atom. The second-order valence-electron chi connectivity index (χ2n) is 6.55. The first kappa shape index (κ1) is 20.1. The fourth-order valence-corrected chi connectivity index (χ4v) is 3.57. The van der Waals surface area contributed by atoms with E-state index in [1.54, 1.807) is 50.7 Å². The molecule has 7 heteroatoms. The predicted octanol–water partition coefficient (Wildman–Crippen LogP) is 4.31. The van der Waals surface area contributed by atoms with Gasteiger partial charge in [-0.25, -0.2) is 8.78 Å². The summed E-state index contributed by atoms with van der Waals surface area (Å²) in [5.74, 6) is -0.936. The maximum absolute atomic E-state index is 14.1. The summed E-state index contributed by atoms with van der Waals surface area (Å²) in [6, 6.07) is 10.0. The van der Waals surface area contributed by atoms with Gasteiger partial charge in [0.05, 0.1) is 6.26 Å². The van der Waals surface area contributed by atoms with Gasteiger partial charge in [0.1, 0.15) is 17.3 Å². The molecule has 0 radical (unpaired) electrons. The second-order valence-corrected chi connectivity index (χ2v) is 7.99. The summed E-state index contributed by atoms with van der Waals surface area (Å²) < 4.78 is 46.0. The highest BCUT2D eigenvalue weighted by atomic mass is 32.2. The molecule has 0 saturated carbocycles. The molecule has 0 saturated heterocycles. The zero-order valence-corrected chi connectivity index (χ0v) is 16.5. The average Bonchev–Trinajstić information content (AvgIpc) is 2.62. The number of nitrogens with zero attached hydrogens (tertiary/aromatic N) is 1. The summed E-state index contributed by atoms with van der Waals surface area (Å²) in [4.78, 5) is 12.0. The minimum Gasteiger partial charge on any atom is -0.616 e. The Bertz CT molecular complexity index is 1050. The van der Waals surface area contributed by atoms with Gasteiger partial charge in [-0.05, 0) is 37.3 Å². The zero-order chi connectivity index (χ0) is 20.4. The summed E-state index contributed by atoms with van der Waals surface area (Å²) in [6.07, 6.45) is 3.26. The lowest BCUT2D eigenvalue weighted by Gasteiger charge is -2.15. The predicted molar refractivity (Wildman–Crippen MR) is 106 cm³/mol. The molecule has 2 aromatic carbocycles. The first-order valence-corrected chi connectivity index (χ1v) is 10.2.